The van der Waals surface area contributed by atoms with Gasteiger partial charge >= 0.3 is 11.8 Å². The minimum atomic E-state index is -0.833. The highest BCUT2D eigenvalue weighted by Crippen LogP contribution is 2.17. The Morgan fingerprint density at radius 2 is 1.94 bits per heavy atom. The first-order valence-corrected chi connectivity index (χ1v) is 6.05. The number of rotatable bonds is 2. The van der Waals surface area contributed by atoms with Gasteiger partial charge in [0, 0.05) is 17.8 Å². The molecule has 0 fully saturated rings. The van der Waals surface area contributed by atoms with Crippen LogP contribution < -0.4 is 10.6 Å². The number of pyridine rings is 1. The Kier molecular flexibility index (Phi) is 3.85. The fourth-order valence-corrected chi connectivity index (χ4v) is 1.79. The van der Waals surface area contributed by atoms with Gasteiger partial charge in [-0.2, -0.15) is 0 Å². The Labute approximate surface area is 111 Å². The molecule has 2 aromatic heterocycles. The molecule has 8 heteroatoms. The van der Waals surface area contributed by atoms with Crippen LogP contribution in [0.1, 0.15) is 0 Å². The SMILES string of the molecule is O=C(Nc1nccs1)C(=O)Nc1cccnc1Cl. The highest BCUT2D eigenvalue weighted by Gasteiger charge is 2.16. The Balaban J connectivity index is 2.00. The first kappa shape index (κ1) is 12.5. The fraction of sp³-hybridized carbons (Fsp3) is 0. The molecule has 0 aliphatic heterocycles. The van der Waals surface area contributed by atoms with Crippen molar-refractivity contribution in [1.29, 1.82) is 0 Å². The third kappa shape index (κ3) is 3.02. The second-order valence-corrected chi connectivity index (χ2v) is 4.34. The molecule has 2 heterocycles. The van der Waals surface area contributed by atoms with Crippen molar-refractivity contribution >= 4 is 45.6 Å². The molecule has 0 radical (unpaired) electrons. The first-order valence-electron chi connectivity index (χ1n) is 4.79. The van der Waals surface area contributed by atoms with Crippen LogP contribution in [0.5, 0.6) is 0 Å². The summed E-state index contributed by atoms with van der Waals surface area (Å²) in [7, 11) is 0. The summed E-state index contributed by atoms with van der Waals surface area (Å²) in [5, 5.41) is 6.87. The molecule has 6 nitrogen and oxygen atoms in total. The van der Waals surface area contributed by atoms with Gasteiger partial charge in [0.25, 0.3) is 0 Å². The smallest absolute Gasteiger partial charge is 0.315 e. The number of carbonyl (C=O) groups is 2. The van der Waals surface area contributed by atoms with Gasteiger partial charge in [0.2, 0.25) is 0 Å². The van der Waals surface area contributed by atoms with Gasteiger partial charge in [-0.1, -0.05) is 11.6 Å². The summed E-state index contributed by atoms with van der Waals surface area (Å²) < 4.78 is 0. The molecular formula is C10H7ClN4O2S. The maximum absolute atomic E-state index is 11.6. The average Bonchev–Trinajstić information content (AvgIpc) is 2.84. The summed E-state index contributed by atoms with van der Waals surface area (Å²) in [6.07, 6.45) is 3.00. The van der Waals surface area contributed by atoms with Crippen molar-refractivity contribution in [3.8, 4) is 0 Å². The van der Waals surface area contributed by atoms with Crippen molar-refractivity contribution < 1.29 is 9.59 Å². The van der Waals surface area contributed by atoms with E-state index in [0.29, 0.717) is 5.13 Å². The zero-order chi connectivity index (χ0) is 13.0. The van der Waals surface area contributed by atoms with Crippen molar-refractivity contribution in [2.45, 2.75) is 0 Å². The number of halogens is 1. The van der Waals surface area contributed by atoms with Crippen LogP contribution in [0.3, 0.4) is 0 Å². The maximum atomic E-state index is 11.6. The molecule has 0 spiro atoms. The summed E-state index contributed by atoms with van der Waals surface area (Å²) in [6, 6.07) is 3.14. The lowest BCUT2D eigenvalue weighted by molar-refractivity contribution is -0.133. The van der Waals surface area contributed by atoms with Crippen LogP contribution in [0.25, 0.3) is 0 Å². The molecule has 0 aromatic carbocycles. The van der Waals surface area contributed by atoms with E-state index in [1.807, 2.05) is 0 Å². The van der Waals surface area contributed by atoms with Crippen LogP contribution in [-0.4, -0.2) is 21.8 Å². The van der Waals surface area contributed by atoms with Gasteiger partial charge in [0.05, 0.1) is 5.69 Å². The molecule has 0 aliphatic carbocycles. The zero-order valence-electron chi connectivity index (χ0n) is 8.88. The lowest BCUT2D eigenvalue weighted by Gasteiger charge is -2.05. The molecule has 92 valence electrons. The summed E-state index contributed by atoms with van der Waals surface area (Å²) in [5.41, 5.74) is 0.276. The predicted octanol–water partition coefficient (Wildman–Crippen LogP) is 1.77. The molecule has 0 saturated heterocycles. The third-order valence-corrected chi connectivity index (χ3v) is 2.86. The molecule has 2 amide bonds. The van der Waals surface area contributed by atoms with Crippen molar-refractivity contribution in [3.63, 3.8) is 0 Å². The minimum Gasteiger partial charge on any atom is -0.315 e. The third-order valence-electron chi connectivity index (χ3n) is 1.87. The van der Waals surface area contributed by atoms with E-state index in [1.54, 1.807) is 17.5 Å². The zero-order valence-corrected chi connectivity index (χ0v) is 10.5. The topological polar surface area (TPSA) is 84.0 Å². The number of nitrogens with zero attached hydrogens (tertiary/aromatic N) is 2. The number of hydrogen-bond acceptors (Lipinski definition) is 5. The molecule has 0 aliphatic rings. The minimum absolute atomic E-state index is 0.118. The number of aromatic nitrogens is 2. The number of anilines is 2. The van der Waals surface area contributed by atoms with Gasteiger partial charge in [0.1, 0.15) is 0 Å². The van der Waals surface area contributed by atoms with Crippen molar-refractivity contribution in [2.24, 2.45) is 0 Å². The Morgan fingerprint density at radius 3 is 2.61 bits per heavy atom. The number of amides is 2. The Morgan fingerprint density at radius 1 is 1.17 bits per heavy atom. The normalized spacial score (nSPS) is 9.83. The number of hydrogen-bond donors (Lipinski definition) is 2. The van der Waals surface area contributed by atoms with Crippen LogP contribution in [-0.2, 0) is 9.59 Å². The molecule has 2 N–H and O–H groups in total. The molecule has 2 aromatic rings. The lowest BCUT2D eigenvalue weighted by atomic mass is 10.4. The first-order chi connectivity index (χ1) is 8.66. The summed E-state index contributed by atoms with van der Waals surface area (Å²) in [4.78, 5) is 30.7. The Hall–Kier alpha value is -1.99. The summed E-state index contributed by atoms with van der Waals surface area (Å²) >= 11 is 6.96. The van der Waals surface area contributed by atoms with Gasteiger partial charge in [-0.05, 0) is 12.1 Å². The molecule has 0 atom stereocenters. The molecule has 0 unspecified atom stereocenters. The van der Waals surface area contributed by atoms with E-state index in [2.05, 4.69) is 20.6 Å². The van der Waals surface area contributed by atoms with Crippen LogP contribution >= 0.6 is 22.9 Å². The molecule has 2 rings (SSSR count). The van der Waals surface area contributed by atoms with Gasteiger partial charge in [0.15, 0.2) is 10.3 Å². The number of carbonyl (C=O) groups excluding carboxylic acids is 2. The van der Waals surface area contributed by atoms with Gasteiger partial charge < -0.3 is 5.32 Å². The second-order valence-electron chi connectivity index (χ2n) is 3.09. The van der Waals surface area contributed by atoms with Gasteiger partial charge in [-0.25, -0.2) is 9.97 Å². The van der Waals surface area contributed by atoms with Crippen molar-refractivity contribution in [3.05, 3.63) is 35.1 Å². The maximum Gasteiger partial charge on any atom is 0.315 e. The van der Waals surface area contributed by atoms with E-state index in [1.165, 1.54) is 23.7 Å². The van der Waals surface area contributed by atoms with E-state index < -0.39 is 11.8 Å². The van der Waals surface area contributed by atoms with Crippen molar-refractivity contribution in [2.75, 3.05) is 10.6 Å². The van der Waals surface area contributed by atoms with Crippen LogP contribution in [0, 0.1) is 0 Å². The average molecular weight is 283 g/mol. The van der Waals surface area contributed by atoms with E-state index >= 15 is 0 Å². The van der Waals surface area contributed by atoms with Crippen LogP contribution in [0.15, 0.2) is 29.9 Å². The summed E-state index contributed by atoms with van der Waals surface area (Å²) in [6.45, 7) is 0. The molecule has 0 saturated carbocycles. The largest absolute Gasteiger partial charge is 0.315 e. The Bertz CT molecular complexity index is 573. The van der Waals surface area contributed by atoms with Crippen molar-refractivity contribution in [1.82, 2.24) is 9.97 Å². The van der Waals surface area contributed by atoms with E-state index in [-0.39, 0.29) is 10.8 Å². The molecule has 0 bridgehead atoms. The lowest BCUT2D eigenvalue weighted by Crippen LogP contribution is -2.29. The van der Waals surface area contributed by atoms with Gasteiger partial charge in [-0.15, -0.1) is 11.3 Å². The number of nitrogens with one attached hydrogen (secondary N) is 2. The van der Waals surface area contributed by atoms with E-state index in [0.717, 1.165) is 0 Å². The molecular weight excluding hydrogens is 276 g/mol. The summed E-state index contributed by atoms with van der Waals surface area (Å²) in [5.74, 6) is -1.65. The van der Waals surface area contributed by atoms with E-state index in [9.17, 15) is 9.59 Å². The predicted molar refractivity (Wildman–Crippen MR) is 68.6 cm³/mol. The fourth-order valence-electron chi connectivity index (χ4n) is 1.10. The highest BCUT2D eigenvalue weighted by molar-refractivity contribution is 7.13. The monoisotopic (exact) mass is 282 g/mol. The quantitative estimate of drug-likeness (QED) is 0.649. The van der Waals surface area contributed by atoms with Crippen LogP contribution in [0.4, 0.5) is 10.8 Å². The van der Waals surface area contributed by atoms with Gasteiger partial charge in [-0.3, -0.25) is 14.9 Å². The standard InChI is InChI=1S/C10H7ClN4O2S/c11-7-6(2-1-3-12-7)14-8(16)9(17)15-10-13-4-5-18-10/h1-5H,(H,14,16)(H,13,15,17). The van der Waals surface area contributed by atoms with Crippen LogP contribution in [0.2, 0.25) is 5.15 Å². The second kappa shape index (κ2) is 5.56. The van der Waals surface area contributed by atoms with E-state index in [4.69, 9.17) is 11.6 Å². The number of thiazole rings is 1. The highest BCUT2D eigenvalue weighted by atomic mass is 35.5. The molecule has 18 heavy (non-hydrogen) atoms.